The minimum absolute atomic E-state index is 0. The van der Waals surface area contributed by atoms with Crippen LogP contribution in [0.15, 0.2) is 23.2 Å². The third kappa shape index (κ3) is 5.69. The van der Waals surface area contributed by atoms with Gasteiger partial charge < -0.3 is 11.1 Å². The van der Waals surface area contributed by atoms with Crippen LogP contribution in [-0.4, -0.2) is 21.1 Å². The first-order valence-electron chi connectivity index (χ1n) is 6.38. The molecule has 23 heavy (non-hydrogen) atoms. The highest BCUT2D eigenvalue weighted by Crippen LogP contribution is 2.25. The first kappa shape index (κ1) is 19.2. The largest absolute Gasteiger partial charge is 0.453 e. The van der Waals surface area contributed by atoms with Crippen molar-refractivity contribution in [1.29, 1.82) is 0 Å². The molecule has 0 aliphatic heterocycles. The summed E-state index contributed by atoms with van der Waals surface area (Å²) >= 11 is 0. The molecule has 0 amide bonds. The highest BCUT2D eigenvalue weighted by molar-refractivity contribution is 14.0. The van der Waals surface area contributed by atoms with E-state index in [9.17, 15) is 13.2 Å². The molecule has 10 heteroatoms. The molecule has 1 aromatic carbocycles. The van der Waals surface area contributed by atoms with Crippen molar-refractivity contribution in [3.05, 3.63) is 41.0 Å². The lowest BCUT2D eigenvalue weighted by atomic mass is 10.1. The van der Waals surface area contributed by atoms with Crippen molar-refractivity contribution in [2.45, 2.75) is 26.6 Å². The number of benzene rings is 1. The molecule has 0 bridgehead atoms. The Hall–Kier alpha value is -1.85. The van der Waals surface area contributed by atoms with Gasteiger partial charge in [0.25, 0.3) is 5.82 Å². The van der Waals surface area contributed by atoms with Crippen LogP contribution in [0.5, 0.6) is 0 Å². The lowest BCUT2D eigenvalue weighted by molar-refractivity contribution is -0.144. The smallest absolute Gasteiger partial charge is 0.370 e. The molecule has 2 rings (SSSR count). The number of aliphatic imine (C=N–C) groups is 1. The number of rotatable bonds is 3. The molecule has 0 radical (unpaired) electrons. The zero-order chi connectivity index (χ0) is 16.3. The molecular formula is C13H16F3IN6. The Morgan fingerprint density at radius 3 is 2.39 bits per heavy atom. The summed E-state index contributed by atoms with van der Waals surface area (Å²) in [5, 5.41) is 8.13. The number of H-pyrrole nitrogens is 1. The van der Waals surface area contributed by atoms with Gasteiger partial charge in [-0.2, -0.15) is 13.2 Å². The van der Waals surface area contributed by atoms with Crippen LogP contribution in [0.25, 0.3) is 0 Å². The summed E-state index contributed by atoms with van der Waals surface area (Å²) in [7, 11) is 0. The SMILES string of the molecule is Cc1cc(C)cc(NC(N)=NCc2nc(C(F)(F)F)n[nH]2)c1.I. The predicted octanol–water partition coefficient (Wildman–Crippen LogP) is 2.99. The molecule has 0 spiro atoms. The zero-order valence-corrected chi connectivity index (χ0v) is 14.7. The number of anilines is 1. The molecule has 0 atom stereocenters. The standard InChI is InChI=1S/C13H15F3N6.HI/c1-7-3-8(2)5-9(4-7)19-12(17)18-6-10-20-11(22-21-10)13(14,15)16;/h3-5H,6H2,1-2H3,(H3,17,18,19)(H,20,21,22);1H. The normalized spacial score (nSPS) is 12.0. The lowest BCUT2D eigenvalue weighted by Crippen LogP contribution is -2.22. The van der Waals surface area contributed by atoms with Crippen molar-refractivity contribution in [3.63, 3.8) is 0 Å². The third-order valence-corrected chi connectivity index (χ3v) is 2.68. The molecule has 0 aliphatic rings. The summed E-state index contributed by atoms with van der Waals surface area (Å²) in [6.45, 7) is 3.75. The number of nitrogens with zero attached hydrogens (tertiary/aromatic N) is 3. The van der Waals surface area contributed by atoms with Crippen molar-refractivity contribution < 1.29 is 13.2 Å². The van der Waals surface area contributed by atoms with Gasteiger partial charge in [-0.1, -0.05) is 6.07 Å². The highest BCUT2D eigenvalue weighted by atomic mass is 127. The average Bonchev–Trinajstić information content (AvgIpc) is 2.83. The topological polar surface area (TPSA) is 92.0 Å². The van der Waals surface area contributed by atoms with Crippen LogP contribution >= 0.6 is 24.0 Å². The van der Waals surface area contributed by atoms with E-state index in [1.54, 1.807) is 0 Å². The van der Waals surface area contributed by atoms with Crippen molar-refractivity contribution in [1.82, 2.24) is 15.2 Å². The van der Waals surface area contributed by atoms with E-state index in [-0.39, 0.29) is 42.3 Å². The number of alkyl halides is 3. The van der Waals surface area contributed by atoms with E-state index in [4.69, 9.17) is 5.73 Å². The second-order valence-corrected chi connectivity index (χ2v) is 4.81. The molecule has 2 aromatic rings. The van der Waals surface area contributed by atoms with Crippen LogP contribution in [0.4, 0.5) is 18.9 Å². The summed E-state index contributed by atoms with van der Waals surface area (Å²) in [5.74, 6) is -1.16. The number of aromatic nitrogens is 3. The fourth-order valence-electron chi connectivity index (χ4n) is 1.89. The molecule has 0 fully saturated rings. The van der Waals surface area contributed by atoms with Crippen LogP contribution in [0.3, 0.4) is 0 Å². The number of hydrogen-bond acceptors (Lipinski definition) is 3. The monoisotopic (exact) mass is 440 g/mol. The van der Waals surface area contributed by atoms with E-state index in [0.717, 1.165) is 16.8 Å². The maximum Gasteiger partial charge on any atom is 0.453 e. The number of halogens is 4. The summed E-state index contributed by atoms with van der Waals surface area (Å²) in [6.07, 6.45) is -4.58. The van der Waals surface area contributed by atoms with Crippen molar-refractivity contribution in [3.8, 4) is 0 Å². The van der Waals surface area contributed by atoms with E-state index in [0.29, 0.717) is 0 Å². The average molecular weight is 440 g/mol. The number of aromatic amines is 1. The van der Waals surface area contributed by atoms with Gasteiger partial charge in [-0.25, -0.2) is 9.98 Å². The van der Waals surface area contributed by atoms with Crippen LogP contribution in [0.2, 0.25) is 0 Å². The molecule has 0 unspecified atom stereocenters. The van der Waals surface area contributed by atoms with Gasteiger partial charge in [-0.15, -0.1) is 29.1 Å². The maximum absolute atomic E-state index is 12.3. The first-order chi connectivity index (χ1) is 10.2. The highest BCUT2D eigenvalue weighted by Gasteiger charge is 2.35. The fraction of sp³-hybridized carbons (Fsp3) is 0.308. The molecule has 4 N–H and O–H groups in total. The van der Waals surface area contributed by atoms with E-state index in [1.807, 2.05) is 32.0 Å². The second kappa shape index (κ2) is 7.62. The van der Waals surface area contributed by atoms with Crippen molar-refractivity contribution in [2.24, 2.45) is 10.7 Å². The van der Waals surface area contributed by atoms with Crippen molar-refractivity contribution in [2.75, 3.05) is 5.32 Å². The number of guanidine groups is 1. The Kier molecular flexibility index (Phi) is 6.36. The second-order valence-electron chi connectivity index (χ2n) is 4.81. The van der Waals surface area contributed by atoms with Gasteiger partial charge in [0.15, 0.2) is 5.96 Å². The van der Waals surface area contributed by atoms with Gasteiger partial charge in [-0.05, 0) is 37.1 Å². The maximum atomic E-state index is 12.3. The van der Waals surface area contributed by atoms with Gasteiger partial charge in [0.05, 0.1) is 0 Å². The minimum atomic E-state index is -4.58. The molecular weight excluding hydrogens is 424 g/mol. The Morgan fingerprint density at radius 1 is 1.26 bits per heavy atom. The van der Waals surface area contributed by atoms with Gasteiger partial charge in [0.2, 0.25) is 0 Å². The predicted molar refractivity (Wildman–Crippen MR) is 91.7 cm³/mol. The van der Waals surface area contributed by atoms with E-state index in [1.165, 1.54) is 0 Å². The molecule has 0 saturated heterocycles. The van der Waals surface area contributed by atoms with E-state index in [2.05, 4.69) is 25.5 Å². The first-order valence-corrected chi connectivity index (χ1v) is 6.38. The van der Waals surface area contributed by atoms with Gasteiger partial charge in [-0.3, -0.25) is 5.10 Å². The number of nitrogens with one attached hydrogen (secondary N) is 2. The number of aryl methyl sites for hydroxylation is 2. The Balaban J connectivity index is 0.00000264. The fourth-order valence-corrected chi connectivity index (χ4v) is 1.89. The van der Waals surface area contributed by atoms with Crippen LogP contribution in [0, 0.1) is 13.8 Å². The zero-order valence-electron chi connectivity index (χ0n) is 12.4. The molecule has 1 aromatic heterocycles. The van der Waals surface area contributed by atoms with Crippen LogP contribution < -0.4 is 11.1 Å². The summed E-state index contributed by atoms with van der Waals surface area (Å²) in [6, 6.07) is 5.77. The van der Waals surface area contributed by atoms with E-state index >= 15 is 0 Å². The van der Waals surface area contributed by atoms with E-state index < -0.39 is 12.0 Å². The third-order valence-electron chi connectivity index (χ3n) is 2.68. The Morgan fingerprint density at radius 2 is 1.87 bits per heavy atom. The lowest BCUT2D eigenvalue weighted by Gasteiger charge is -2.07. The summed E-state index contributed by atoms with van der Waals surface area (Å²) < 4.78 is 37.0. The Bertz CT molecular complexity index is 675. The van der Waals surface area contributed by atoms with Crippen LogP contribution in [-0.2, 0) is 12.7 Å². The molecule has 1 heterocycles. The molecule has 126 valence electrons. The van der Waals surface area contributed by atoms with Crippen molar-refractivity contribution >= 4 is 35.6 Å². The summed E-state index contributed by atoms with van der Waals surface area (Å²) in [5.41, 5.74) is 8.57. The minimum Gasteiger partial charge on any atom is -0.370 e. The molecule has 0 saturated carbocycles. The molecule has 6 nitrogen and oxygen atoms in total. The van der Waals surface area contributed by atoms with Gasteiger partial charge in [0.1, 0.15) is 12.4 Å². The van der Waals surface area contributed by atoms with Crippen LogP contribution in [0.1, 0.15) is 22.8 Å². The van der Waals surface area contributed by atoms with Gasteiger partial charge in [0, 0.05) is 5.69 Å². The van der Waals surface area contributed by atoms with Gasteiger partial charge >= 0.3 is 6.18 Å². The number of hydrogen-bond donors (Lipinski definition) is 3. The number of nitrogens with two attached hydrogens (primary N) is 1. The molecule has 0 aliphatic carbocycles. The quantitative estimate of drug-likeness (QED) is 0.389. The summed E-state index contributed by atoms with van der Waals surface area (Å²) in [4.78, 5) is 7.23. The Labute approximate surface area is 147 Å².